The van der Waals surface area contributed by atoms with Crippen LogP contribution >= 0.6 is 33.9 Å². The van der Waals surface area contributed by atoms with Gasteiger partial charge in [0.15, 0.2) is 0 Å². The summed E-state index contributed by atoms with van der Waals surface area (Å²) in [5.41, 5.74) is 1.69. The van der Waals surface area contributed by atoms with Crippen LogP contribution in [0.25, 0.3) is 20.8 Å². The van der Waals surface area contributed by atoms with Crippen LogP contribution < -0.4 is 4.74 Å². The molecule has 0 aliphatic rings. The first-order chi connectivity index (χ1) is 9.17. The van der Waals surface area contributed by atoms with E-state index in [0.29, 0.717) is 0 Å². The molecule has 3 aromatic rings. The van der Waals surface area contributed by atoms with E-state index >= 15 is 0 Å². The van der Waals surface area contributed by atoms with Gasteiger partial charge < -0.3 is 9.84 Å². The number of halogens is 1. The van der Waals surface area contributed by atoms with E-state index in [0.717, 1.165) is 30.1 Å². The molecule has 0 aliphatic carbocycles. The van der Waals surface area contributed by atoms with E-state index in [-0.39, 0.29) is 5.75 Å². The number of fused-ring (bicyclic) bond motifs is 1. The molecule has 2 aromatic carbocycles. The number of methoxy groups -OCH3 is 1. The predicted octanol–water partition coefficient (Wildman–Crippen LogP) is 4.28. The number of phenolic OH excluding ortho intramolecular Hbond substituents is 1. The number of aromatic nitrogens is 1. The smallest absolute Gasteiger partial charge is 0.128 e. The molecular weight excluding hydrogens is 373 g/mol. The fraction of sp³-hybridized carbons (Fsp3) is 0.0714. The van der Waals surface area contributed by atoms with Gasteiger partial charge in [-0.25, -0.2) is 4.98 Å². The van der Waals surface area contributed by atoms with Gasteiger partial charge in [-0.3, -0.25) is 0 Å². The van der Waals surface area contributed by atoms with Gasteiger partial charge in [-0.1, -0.05) is 0 Å². The van der Waals surface area contributed by atoms with Gasteiger partial charge in [0.25, 0.3) is 0 Å². The quantitative estimate of drug-likeness (QED) is 0.672. The monoisotopic (exact) mass is 383 g/mol. The normalized spacial score (nSPS) is 10.8. The number of hydrogen-bond acceptors (Lipinski definition) is 4. The number of thiazole rings is 1. The van der Waals surface area contributed by atoms with Crippen molar-refractivity contribution in [2.75, 3.05) is 7.11 Å². The average molecular weight is 383 g/mol. The zero-order chi connectivity index (χ0) is 13.4. The van der Waals surface area contributed by atoms with Gasteiger partial charge in [0.1, 0.15) is 16.5 Å². The van der Waals surface area contributed by atoms with E-state index in [4.69, 9.17) is 4.74 Å². The molecule has 0 amide bonds. The molecule has 1 heterocycles. The van der Waals surface area contributed by atoms with Crippen molar-refractivity contribution < 1.29 is 9.84 Å². The number of benzene rings is 2. The molecule has 0 spiro atoms. The Morgan fingerprint density at radius 2 is 2.05 bits per heavy atom. The van der Waals surface area contributed by atoms with E-state index in [1.165, 1.54) is 0 Å². The molecule has 0 saturated heterocycles. The molecule has 0 saturated carbocycles. The minimum absolute atomic E-state index is 0.256. The lowest BCUT2D eigenvalue weighted by Crippen LogP contribution is -1.81. The lowest BCUT2D eigenvalue weighted by atomic mass is 10.2. The zero-order valence-corrected chi connectivity index (χ0v) is 13.0. The van der Waals surface area contributed by atoms with E-state index in [1.807, 2.05) is 30.3 Å². The fourth-order valence-corrected chi connectivity index (χ4v) is 3.34. The van der Waals surface area contributed by atoms with Crippen molar-refractivity contribution in [3.05, 3.63) is 40.0 Å². The summed E-state index contributed by atoms with van der Waals surface area (Å²) in [7, 11) is 1.65. The largest absolute Gasteiger partial charge is 0.507 e. The number of rotatable bonds is 2. The SMILES string of the molecule is COc1ccc2nc(-c3cc(I)ccc3O)sc2c1. The second kappa shape index (κ2) is 4.97. The summed E-state index contributed by atoms with van der Waals surface area (Å²) < 4.78 is 7.33. The highest BCUT2D eigenvalue weighted by Gasteiger charge is 2.11. The third-order valence-corrected chi connectivity index (χ3v) is 4.51. The third kappa shape index (κ3) is 2.40. The molecule has 0 aliphatic heterocycles. The first-order valence-electron chi connectivity index (χ1n) is 5.61. The van der Waals surface area contributed by atoms with Crippen LogP contribution in [0.15, 0.2) is 36.4 Å². The van der Waals surface area contributed by atoms with Gasteiger partial charge in [0.05, 0.1) is 22.9 Å². The van der Waals surface area contributed by atoms with E-state index in [9.17, 15) is 5.11 Å². The first kappa shape index (κ1) is 12.7. The summed E-state index contributed by atoms with van der Waals surface area (Å²) >= 11 is 3.77. The van der Waals surface area contributed by atoms with Crippen molar-refractivity contribution in [1.29, 1.82) is 0 Å². The number of hydrogen-bond donors (Lipinski definition) is 1. The molecule has 3 nitrogen and oxygen atoms in total. The second-order valence-electron chi connectivity index (χ2n) is 4.01. The predicted molar refractivity (Wildman–Crippen MR) is 86.0 cm³/mol. The number of phenols is 1. The Morgan fingerprint density at radius 1 is 1.21 bits per heavy atom. The Hall–Kier alpha value is -1.34. The summed E-state index contributed by atoms with van der Waals surface area (Å²) in [6.45, 7) is 0. The van der Waals surface area contributed by atoms with Gasteiger partial charge in [-0.05, 0) is 59.0 Å². The fourth-order valence-electron chi connectivity index (χ4n) is 1.83. The Bertz CT molecular complexity index is 754. The van der Waals surface area contributed by atoms with Crippen molar-refractivity contribution in [3.8, 4) is 22.1 Å². The highest BCUT2D eigenvalue weighted by molar-refractivity contribution is 14.1. The molecule has 0 radical (unpaired) electrons. The number of nitrogens with zero attached hydrogens (tertiary/aromatic N) is 1. The standard InChI is InChI=1S/C14H10INO2S/c1-18-9-3-4-11-13(7-9)19-14(16-11)10-6-8(15)2-5-12(10)17/h2-7,17H,1H3. The Morgan fingerprint density at radius 3 is 2.84 bits per heavy atom. The highest BCUT2D eigenvalue weighted by atomic mass is 127. The van der Waals surface area contributed by atoms with Crippen LogP contribution in [-0.4, -0.2) is 17.2 Å². The first-order valence-corrected chi connectivity index (χ1v) is 7.50. The maximum Gasteiger partial charge on any atom is 0.128 e. The number of aromatic hydroxyl groups is 1. The topological polar surface area (TPSA) is 42.4 Å². The summed E-state index contributed by atoms with van der Waals surface area (Å²) in [4.78, 5) is 4.56. The molecule has 1 aromatic heterocycles. The van der Waals surface area contributed by atoms with Gasteiger partial charge in [0.2, 0.25) is 0 Å². The van der Waals surface area contributed by atoms with Gasteiger partial charge in [-0.2, -0.15) is 0 Å². The minimum Gasteiger partial charge on any atom is -0.507 e. The van der Waals surface area contributed by atoms with Gasteiger partial charge in [-0.15, -0.1) is 11.3 Å². The molecule has 5 heteroatoms. The van der Waals surface area contributed by atoms with Crippen molar-refractivity contribution in [1.82, 2.24) is 4.98 Å². The van der Waals surface area contributed by atoms with Crippen molar-refractivity contribution in [2.45, 2.75) is 0 Å². The lowest BCUT2D eigenvalue weighted by Gasteiger charge is -2.00. The molecule has 1 N–H and O–H groups in total. The molecule has 0 bridgehead atoms. The van der Waals surface area contributed by atoms with E-state index in [2.05, 4.69) is 27.6 Å². The lowest BCUT2D eigenvalue weighted by molar-refractivity contribution is 0.415. The van der Waals surface area contributed by atoms with Crippen LogP contribution in [0.4, 0.5) is 0 Å². The van der Waals surface area contributed by atoms with Crippen LogP contribution in [-0.2, 0) is 0 Å². The maximum absolute atomic E-state index is 9.95. The second-order valence-corrected chi connectivity index (χ2v) is 6.29. The third-order valence-electron chi connectivity index (χ3n) is 2.78. The van der Waals surface area contributed by atoms with E-state index < -0.39 is 0 Å². The van der Waals surface area contributed by atoms with E-state index in [1.54, 1.807) is 24.5 Å². The summed E-state index contributed by atoms with van der Waals surface area (Å²) in [5, 5.41) is 10.8. The molecule has 96 valence electrons. The molecular formula is C14H10INO2S. The molecule has 19 heavy (non-hydrogen) atoms. The Labute approximate surface area is 128 Å². The minimum atomic E-state index is 0.256. The zero-order valence-electron chi connectivity index (χ0n) is 10.1. The van der Waals surface area contributed by atoms with Crippen molar-refractivity contribution in [2.24, 2.45) is 0 Å². The van der Waals surface area contributed by atoms with Crippen molar-refractivity contribution >= 4 is 44.1 Å². The van der Waals surface area contributed by atoms with Crippen LogP contribution in [0.2, 0.25) is 0 Å². The van der Waals surface area contributed by atoms with Crippen LogP contribution in [0.3, 0.4) is 0 Å². The number of ether oxygens (including phenoxy) is 1. The summed E-state index contributed by atoms with van der Waals surface area (Å²) in [5.74, 6) is 1.07. The van der Waals surface area contributed by atoms with Crippen molar-refractivity contribution in [3.63, 3.8) is 0 Å². The average Bonchev–Trinajstić information content (AvgIpc) is 2.83. The maximum atomic E-state index is 9.95. The highest BCUT2D eigenvalue weighted by Crippen LogP contribution is 2.37. The summed E-state index contributed by atoms with van der Waals surface area (Å²) in [6, 6.07) is 11.3. The molecule has 0 atom stereocenters. The van der Waals surface area contributed by atoms with Gasteiger partial charge >= 0.3 is 0 Å². The van der Waals surface area contributed by atoms with Crippen LogP contribution in [0.5, 0.6) is 11.5 Å². The van der Waals surface area contributed by atoms with Gasteiger partial charge in [0, 0.05) is 3.57 Å². The Balaban J connectivity index is 2.17. The Kier molecular flexibility index (Phi) is 3.32. The van der Waals surface area contributed by atoms with Crippen LogP contribution in [0.1, 0.15) is 0 Å². The molecule has 0 fully saturated rings. The van der Waals surface area contributed by atoms with Crippen LogP contribution in [0, 0.1) is 3.57 Å². The summed E-state index contributed by atoms with van der Waals surface area (Å²) in [6.07, 6.45) is 0. The molecule has 0 unspecified atom stereocenters. The molecule has 3 rings (SSSR count).